The molecule has 2 aromatic rings. The molecule has 0 saturated carbocycles. The quantitative estimate of drug-likeness (QED) is 0.429. The molecule has 0 bridgehead atoms. The zero-order chi connectivity index (χ0) is 9.26. The third kappa shape index (κ3) is 1.42. The van der Waals surface area contributed by atoms with Crippen LogP contribution in [-0.2, 0) is 4.79 Å². The smallest absolute Gasteiger partial charge is 0.266 e. The number of carbonyl (C=O) groups excluding carboxylic acids is 1. The van der Waals surface area contributed by atoms with Crippen LogP contribution >= 0.6 is 12.2 Å². The Morgan fingerprint density at radius 1 is 1.54 bits per heavy atom. The van der Waals surface area contributed by atoms with Crippen LogP contribution in [-0.4, -0.2) is 11.1 Å². The van der Waals surface area contributed by atoms with Crippen molar-refractivity contribution in [3.8, 4) is 0 Å². The van der Waals surface area contributed by atoms with Crippen molar-refractivity contribution in [2.24, 2.45) is 4.99 Å². The van der Waals surface area contributed by atoms with Crippen LogP contribution in [0.2, 0.25) is 0 Å². The fourth-order valence-corrected chi connectivity index (χ4v) is 1.26. The van der Waals surface area contributed by atoms with Crippen molar-refractivity contribution in [2.45, 2.75) is 0 Å². The molecule has 0 spiro atoms. The van der Waals surface area contributed by atoms with Gasteiger partial charge < -0.3 is 9.40 Å². The van der Waals surface area contributed by atoms with E-state index in [9.17, 15) is 4.79 Å². The van der Waals surface area contributed by atoms with Crippen LogP contribution < -0.4 is 0 Å². The summed E-state index contributed by atoms with van der Waals surface area (Å²) in [5.74, 6) is 0. The Morgan fingerprint density at radius 3 is 3.15 bits per heavy atom. The molecule has 0 aliphatic carbocycles. The Kier molecular flexibility index (Phi) is 1.81. The number of oxazole rings is 1. The lowest BCUT2D eigenvalue weighted by Gasteiger charge is -1.88. The van der Waals surface area contributed by atoms with Crippen molar-refractivity contribution in [1.29, 1.82) is 0 Å². The number of aliphatic imine (C=N–C) groups is 1. The highest BCUT2D eigenvalue weighted by Crippen LogP contribution is 2.20. The Labute approximate surface area is 77.9 Å². The van der Waals surface area contributed by atoms with Gasteiger partial charge in [-0.1, -0.05) is 0 Å². The maximum absolute atomic E-state index is 9.96. The summed E-state index contributed by atoms with van der Waals surface area (Å²) >= 11 is 4.79. The van der Waals surface area contributed by atoms with E-state index in [-0.39, 0.29) is 0 Å². The summed E-state index contributed by atoms with van der Waals surface area (Å²) in [6, 6.07) is 5.03. The molecular weight excluding hydrogens is 188 g/mol. The molecule has 1 aromatic heterocycles. The number of isocyanates is 1. The van der Waals surface area contributed by atoms with E-state index in [0.29, 0.717) is 16.1 Å². The molecule has 1 heterocycles. The van der Waals surface area contributed by atoms with E-state index >= 15 is 0 Å². The lowest BCUT2D eigenvalue weighted by Crippen LogP contribution is -1.66. The van der Waals surface area contributed by atoms with Gasteiger partial charge in [-0.05, 0) is 24.4 Å². The molecule has 1 aromatic carbocycles. The van der Waals surface area contributed by atoms with Gasteiger partial charge >= 0.3 is 0 Å². The fourth-order valence-electron chi connectivity index (χ4n) is 1.06. The SMILES string of the molecule is O=C=Nc1ccc2[nH]c(=S)oc2c1. The first-order valence-corrected chi connectivity index (χ1v) is 3.91. The van der Waals surface area contributed by atoms with Crippen molar-refractivity contribution in [1.82, 2.24) is 4.98 Å². The van der Waals surface area contributed by atoms with Gasteiger partial charge in [0, 0.05) is 6.07 Å². The second kappa shape index (κ2) is 2.97. The number of nitrogens with one attached hydrogen (secondary N) is 1. The van der Waals surface area contributed by atoms with Gasteiger partial charge in [-0.3, -0.25) is 0 Å². The van der Waals surface area contributed by atoms with Crippen LogP contribution in [0.5, 0.6) is 0 Å². The number of benzene rings is 1. The fraction of sp³-hybridized carbons (Fsp3) is 0. The third-order valence-electron chi connectivity index (χ3n) is 1.58. The lowest BCUT2D eigenvalue weighted by molar-refractivity contribution is 0.565. The van der Waals surface area contributed by atoms with Crippen LogP contribution in [0.4, 0.5) is 5.69 Å². The minimum absolute atomic E-state index is 0.308. The average molecular weight is 192 g/mol. The normalized spacial score (nSPS) is 9.85. The van der Waals surface area contributed by atoms with Crippen molar-refractivity contribution in [2.75, 3.05) is 0 Å². The van der Waals surface area contributed by atoms with E-state index in [4.69, 9.17) is 16.6 Å². The molecule has 0 radical (unpaired) electrons. The number of aromatic amines is 1. The van der Waals surface area contributed by atoms with Crippen molar-refractivity contribution in [3.05, 3.63) is 23.0 Å². The van der Waals surface area contributed by atoms with Crippen LogP contribution in [0.3, 0.4) is 0 Å². The molecular formula is C8H4N2O2S. The molecule has 0 atom stereocenters. The van der Waals surface area contributed by atoms with Crippen molar-refractivity contribution >= 4 is 35.1 Å². The zero-order valence-corrected chi connectivity index (χ0v) is 7.22. The first-order chi connectivity index (χ1) is 6.29. The molecule has 4 nitrogen and oxygen atoms in total. The highest BCUT2D eigenvalue weighted by Gasteiger charge is 1.98. The number of rotatable bonds is 1. The minimum atomic E-state index is 0.308. The van der Waals surface area contributed by atoms with Crippen LogP contribution in [0.25, 0.3) is 11.1 Å². The van der Waals surface area contributed by atoms with Gasteiger partial charge in [0.2, 0.25) is 6.08 Å². The Balaban J connectivity index is 2.74. The molecule has 13 heavy (non-hydrogen) atoms. The first-order valence-electron chi connectivity index (χ1n) is 3.50. The molecule has 0 fully saturated rings. The molecule has 1 N–H and O–H groups in total. The summed E-state index contributed by atoms with van der Waals surface area (Å²) in [7, 11) is 0. The molecule has 5 heteroatoms. The van der Waals surface area contributed by atoms with Crippen LogP contribution in [0.15, 0.2) is 27.6 Å². The summed E-state index contributed by atoms with van der Waals surface area (Å²) in [6.45, 7) is 0. The van der Waals surface area contributed by atoms with Gasteiger partial charge in [0.05, 0.1) is 11.2 Å². The summed E-state index contributed by atoms with van der Waals surface area (Å²) < 4.78 is 5.12. The average Bonchev–Trinajstić information content (AvgIpc) is 2.44. The van der Waals surface area contributed by atoms with E-state index in [1.807, 2.05) is 0 Å². The maximum Gasteiger partial charge on any atom is 0.266 e. The molecule has 0 amide bonds. The molecule has 0 saturated heterocycles. The highest BCUT2D eigenvalue weighted by atomic mass is 32.1. The number of hydrogen-bond acceptors (Lipinski definition) is 4. The monoisotopic (exact) mass is 192 g/mol. The summed E-state index contributed by atoms with van der Waals surface area (Å²) in [5, 5.41) is 0. The van der Waals surface area contributed by atoms with E-state index in [2.05, 4.69) is 9.98 Å². The van der Waals surface area contributed by atoms with Gasteiger partial charge in [0.1, 0.15) is 0 Å². The van der Waals surface area contributed by atoms with E-state index in [0.717, 1.165) is 5.52 Å². The Bertz CT molecular complexity index is 549. The molecule has 2 rings (SSSR count). The number of H-pyrrole nitrogens is 1. The molecule has 0 unspecified atom stereocenters. The standard InChI is InChI=1S/C8H4N2O2S/c11-4-9-5-1-2-6-7(3-5)12-8(13)10-6/h1-3H,(H,10,13). The Hall–Kier alpha value is -1.71. The van der Waals surface area contributed by atoms with Gasteiger partial charge in [-0.15, -0.1) is 0 Å². The van der Waals surface area contributed by atoms with Crippen molar-refractivity contribution in [3.63, 3.8) is 0 Å². The van der Waals surface area contributed by atoms with Gasteiger partial charge in [-0.25, -0.2) is 4.79 Å². The number of fused-ring (bicyclic) bond motifs is 1. The highest BCUT2D eigenvalue weighted by molar-refractivity contribution is 7.71. The first kappa shape index (κ1) is 7.91. The van der Waals surface area contributed by atoms with Gasteiger partial charge in [0.15, 0.2) is 5.58 Å². The molecule has 0 aliphatic rings. The molecule has 64 valence electrons. The minimum Gasteiger partial charge on any atom is -0.429 e. The second-order valence-electron chi connectivity index (χ2n) is 2.40. The van der Waals surface area contributed by atoms with E-state index in [1.165, 1.54) is 6.08 Å². The maximum atomic E-state index is 9.96. The topological polar surface area (TPSA) is 58.4 Å². The summed E-state index contributed by atoms with van der Waals surface area (Å²) in [5.41, 5.74) is 1.87. The van der Waals surface area contributed by atoms with Crippen molar-refractivity contribution < 1.29 is 9.21 Å². The predicted octanol–water partition coefficient (Wildman–Crippen LogP) is 2.46. The number of aromatic nitrogens is 1. The largest absolute Gasteiger partial charge is 0.429 e. The lowest BCUT2D eigenvalue weighted by atomic mass is 10.3. The van der Waals surface area contributed by atoms with E-state index in [1.54, 1.807) is 18.2 Å². The van der Waals surface area contributed by atoms with Gasteiger partial charge in [-0.2, -0.15) is 4.99 Å². The van der Waals surface area contributed by atoms with Gasteiger partial charge in [0.25, 0.3) is 4.84 Å². The number of hydrogen-bond donors (Lipinski definition) is 1. The van der Waals surface area contributed by atoms with E-state index < -0.39 is 0 Å². The molecule has 0 aliphatic heterocycles. The summed E-state index contributed by atoms with van der Waals surface area (Å²) in [4.78, 5) is 16.6. The summed E-state index contributed by atoms with van der Waals surface area (Å²) in [6.07, 6.45) is 1.45. The van der Waals surface area contributed by atoms with Crippen LogP contribution in [0, 0.1) is 4.84 Å². The Morgan fingerprint density at radius 2 is 2.38 bits per heavy atom. The second-order valence-corrected chi connectivity index (χ2v) is 2.77. The van der Waals surface area contributed by atoms with Crippen LogP contribution in [0.1, 0.15) is 0 Å². The zero-order valence-electron chi connectivity index (χ0n) is 6.40. The number of nitrogens with zero attached hydrogens (tertiary/aromatic N) is 1. The third-order valence-corrected chi connectivity index (χ3v) is 1.76. The predicted molar refractivity (Wildman–Crippen MR) is 49.2 cm³/mol.